The van der Waals surface area contributed by atoms with E-state index in [1.54, 1.807) is 0 Å². The summed E-state index contributed by atoms with van der Waals surface area (Å²) in [5.74, 6) is -1.06. The van der Waals surface area contributed by atoms with Gasteiger partial charge in [0, 0.05) is 18.7 Å². The van der Waals surface area contributed by atoms with Crippen LogP contribution in [0, 0.1) is 21.8 Å². The molecule has 0 saturated heterocycles. The molecule has 0 amide bonds. The lowest BCUT2D eigenvalue weighted by Crippen LogP contribution is -2.29. The van der Waals surface area contributed by atoms with E-state index in [1.165, 1.54) is 0 Å². The highest BCUT2D eigenvalue weighted by molar-refractivity contribution is 7.89. The van der Waals surface area contributed by atoms with Gasteiger partial charge in [0.15, 0.2) is 0 Å². The maximum absolute atomic E-state index is 13.6. The molecule has 21 heavy (non-hydrogen) atoms. The number of non-ortho nitro benzene ring substituents is 1. The standard InChI is InChI=1S/C12H15FN2O5S/c13-11-4-2-9(15(17)18)6-12(11)21(19,20)14-7-8-1-3-10(16)5-8/h2,4,6,8,10,14,16H,1,3,5,7H2. The number of halogens is 1. The molecule has 2 unspecified atom stereocenters. The summed E-state index contributed by atoms with van der Waals surface area (Å²) in [6.07, 6.45) is 1.34. The highest BCUT2D eigenvalue weighted by Crippen LogP contribution is 2.26. The molecular weight excluding hydrogens is 303 g/mol. The first-order valence-electron chi connectivity index (χ1n) is 6.41. The van der Waals surface area contributed by atoms with Crippen molar-refractivity contribution < 1.29 is 22.8 Å². The first-order chi connectivity index (χ1) is 9.79. The third-order valence-electron chi connectivity index (χ3n) is 3.49. The molecule has 0 aromatic heterocycles. The van der Waals surface area contributed by atoms with Crippen LogP contribution in [0.25, 0.3) is 0 Å². The number of benzene rings is 1. The normalized spacial score (nSPS) is 22.4. The highest BCUT2D eigenvalue weighted by atomic mass is 32.2. The summed E-state index contributed by atoms with van der Waals surface area (Å²) in [7, 11) is -4.16. The lowest BCUT2D eigenvalue weighted by atomic mass is 10.1. The van der Waals surface area contributed by atoms with Crippen molar-refractivity contribution in [1.82, 2.24) is 4.72 Å². The van der Waals surface area contributed by atoms with Crippen molar-refractivity contribution in [2.24, 2.45) is 5.92 Å². The summed E-state index contributed by atoms with van der Waals surface area (Å²) in [6, 6.07) is 2.36. The van der Waals surface area contributed by atoms with Crippen LogP contribution in [0.4, 0.5) is 10.1 Å². The smallest absolute Gasteiger partial charge is 0.270 e. The van der Waals surface area contributed by atoms with Gasteiger partial charge < -0.3 is 5.11 Å². The number of hydrogen-bond donors (Lipinski definition) is 2. The van der Waals surface area contributed by atoms with Gasteiger partial charge in [0.2, 0.25) is 10.0 Å². The molecule has 7 nitrogen and oxygen atoms in total. The van der Waals surface area contributed by atoms with Gasteiger partial charge >= 0.3 is 0 Å². The van der Waals surface area contributed by atoms with Gasteiger partial charge in [-0.05, 0) is 31.2 Å². The van der Waals surface area contributed by atoms with Crippen molar-refractivity contribution in [3.05, 3.63) is 34.1 Å². The Morgan fingerprint density at radius 3 is 2.71 bits per heavy atom. The van der Waals surface area contributed by atoms with Crippen LogP contribution in [0.5, 0.6) is 0 Å². The predicted octanol–water partition coefficient (Wildman–Crippen LogP) is 1.17. The van der Waals surface area contributed by atoms with E-state index in [1.807, 2.05) is 0 Å². The summed E-state index contributed by atoms with van der Waals surface area (Å²) in [5.41, 5.74) is -0.493. The Morgan fingerprint density at radius 1 is 1.43 bits per heavy atom. The molecule has 2 N–H and O–H groups in total. The molecule has 0 radical (unpaired) electrons. The summed E-state index contributed by atoms with van der Waals surface area (Å²) in [4.78, 5) is 9.11. The second-order valence-corrected chi connectivity index (χ2v) is 6.79. The maximum Gasteiger partial charge on any atom is 0.270 e. The zero-order valence-electron chi connectivity index (χ0n) is 11.0. The fraction of sp³-hybridized carbons (Fsp3) is 0.500. The fourth-order valence-corrected chi connectivity index (χ4v) is 3.56. The van der Waals surface area contributed by atoms with Crippen LogP contribution in [0.3, 0.4) is 0 Å². The summed E-state index contributed by atoms with van der Waals surface area (Å²) in [5, 5.41) is 20.0. The van der Waals surface area contributed by atoms with Crippen LogP contribution in [0.2, 0.25) is 0 Å². The zero-order chi connectivity index (χ0) is 15.6. The van der Waals surface area contributed by atoms with Crippen LogP contribution in [-0.2, 0) is 10.0 Å². The van der Waals surface area contributed by atoms with E-state index in [-0.39, 0.29) is 12.5 Å². The van der Waals surface area contributed by atoms with E-state index in [0.29, 0.717) is 25.3 Å². The van der Waals surface area contributed by atoms with Crippen LogP contribution < -0.4 is 4.72 Å². The third-order valence-corrected chi connectivity index (χ3v) is 4.93. The van der Waals surface area contributed by atoms with Gasteiger partial charge in [0.25, 0.3) is 5.69 Å². The second-order valence-electron chi connectivity index (χ2n) is 5.06. The first kappa shape index (κ1) is 15.8. The van der Waals surface area contributed by atoms with E-state index in [9.17, 15) is 28.0 Å². The summed E-state index contributed by atoms with van der Waals surface area (Å²) >= 11 is 0. The molecule has 1 aromatic rings. The van der Waals surface area contributed by atoms with E-state index in [2.05, 4.69) is 4.72 Å². The second kappa shape index (κ2) is 6.04. The molecule has 1 fully saturated rings. The Bertz CT molecular complexity index is 649. The topological polar surface area (TPSA) is 110 Å². The minimum absolute atomic E-state index is 0.0171. The van der Waals surface area contributed by atoms with Crippen molar-refractivity contribution in [2.75, 3.05) is 6.54 Å². The molecule has 0 aliphatic heterocycles. The van der Waals surface area contributed by atoms with Crippen molar-refractivity contribution >= 4 is 15.7 Å². The lowest BCUT2D eigenvalue weighted by molar-refractivity contribution is -0.385. The summed E-state index contributed by atoms with van der Waals surface area (Å²) in [6.45, 7) is 0.0710. The van der Waals surface area contributed by atoms with Gasteiger partial charge in [-0.3, -0.25) is 10.1 Å². The Kier molecular flexibility index (Phi) is 4.55. The molecule has 116 valence electrons. The molecule has 1 saturated carbocycles. The Balaban J connectivity index is 2.15. The highest BCUT2D eigenvalue weighted by Gasteiger charge is 2.27. The first-order valence-corrected chi connectivity index (χ1v) is 7.89. The average molecular weight is 318 g/mol. The number of nitro groups is 1. The largest absolute Gasteiger partial charge is 0.393 e. The molecule has 1 aromatic carbocycles. The molecule has 0 bridgehead atoms. The monoisotopic (exact) mass is 318 g/mol. The molecule has 2 atom stereocenters. The van der Waals surface area contributed by atoms with Crippen molar-refractivity contribution in [1.29, 1.82) is 0 Å². The van der Waals surface area contributed by atoms with E-state index in [0.717, 1.165) is 12.1 Å². The number of nitro benzene ring substituents is 1. The number of aliphatic hydroxyl groups is 1. The number of aliphatic hydroxyl groups excluding tert-OH is 1. The van der Waals surface area contributed by atoms with E-state index < -0.39 is 37.5 Å². The van der Waals surface area contributed by atoms with Crippen molar-refractivity contribution in [2.45, 2.75) is 30.3 Å². The maximum atomic E-state index is 13.6. The third kappa shape index (κ3) is 3.74. The summed E-state index contributed by atoms with van der Waals surface area (Å²) < 4.78 is 39.9. The molecular formula is C12H15FN2O5S. The van der Waals surface area contributed by atoms with Crippen molar-refractivity contribution in [3.8, 4) is 0 Å². The number of hydrogen-bond acceptors (Lipinski definition) is 5. The Morgan fingerprint density at radius 2 is 2.14 bits per heavy atom. The molecule has 2 rings (SSSR count). The van der Waals surface area contributed by atoms with E-state index in [4.69, 9.17) is 0 Å². The zero-order valence-corrected chi connectivity index (χ0v) is 11.8. The van der Waals surface area contributed by atoms with Crippen LogP contribution in [0.1, 0.15) is 19.3 Å². The fourth-order valence-electron chi connectivity index (χ4n) is 2.35. The van der Waals surface area contributed by atoms with Crippen molar-refractivity contribution in [3.63, 3.8) is 0 Å². The van der Waals surface area contributed by atoms with Gasteiger partial charge in [-0.1, -0.05) is 0 Å². The number of nitrogens with zero attached hydrogens (tertiary/aromatic N) is 1. The Labute approximate surface area is 121 Å². The molecule has 0 spiro atoms. The Hall–Kier alpha value is -1.58. The lowest BCUT2D eigenvalue weighted by Gasteiger charge is -2.12. The predicted molar refractivity (Wildman–Crippen MR) is 71.6 cm³/mol. The molecule has 1 aliphatic carbocycles. The van der Waals surface area contributed by atoms with Crippen LogP contribution in [-0.4, -0.2) is 31.1 Å². The van der Waals surface area contributed by atoms with Gasteiger partial charge in [-0.15, -0.1) is 0 Å². The number of sulfonamides is 1. The molecule has 1 aliphatic rings. The van der Waals surface area contributed by atoms with Crippen LogP contribution >= 0.6 is 0 Å². The van der Waals surface area contributed by atoms with Gasteiger partial charge in [0.05, 0.1) is 11.0 Å². The number of rotatable bonds is 5. The van der Waals surface area contributed by atoms with Gasteiger partial charge in [-0.2, -0.15) is 0 Å². The van der Waals surface area contributed by atoms with Gasteiger partial charge in [0.1, 0.15) is 10.7 Å². The minimum atomic E-state index is -4.16. The molecule has 9 heteroatoms. The number of nitrogens with one attached hydrogen (secondary N) is 1. The minimum Gasteiger partial charge on any atom is -0.393 e. The van der Waals surface area contributed by atoms with Gasteiger partial charge in [-0.25, -0.2) is 17.5 Å². The average Bonchev–Trinajstić information content (AvgIpc) is 2.82. The molecule has 0 heterocycles. The van der Waals surface area contributed by atoms with Crippen LogP contribution in [0.15, 0.2) is 23.1 Å². The quantitative estimate of drug-likeness (QED) is 0.625. The SMILES string of the molecule is O=[N+]([O-])c1ccc(F)c(S(=O)(=O)NCC2CCC(O)C2)c1. The van der Waals surface area contributed by atoms with E-state index >= 15 is 0 Å².